The summed E-state index contributed by atoms with van der Waals surface area (Å²) in [5, 5.41) is 12.6. The number of anilines is 2. The van der Waals surface area contributed by atoms with Gasteiger partial charge in [-0.2, -0.15) is 9.97 Å². The molecule has 7 nitrogen and oxygen atoms in total. The molecule has 0 spiro atoms. The zero-order valence-corrected chi connectivity index (χ0v) is 9.15. The molecule has 0 radical (unpaired) electrons. The van der Waals surface area contributed by atoms with Crippen molar-refractivity contribution in [3.8, 4) is 0 Å². The summed E-state index contributed by atoms with van der Waals surface area (Å²) in [6.07, 6.45) is 1.52. The second-order valence-electron chi connectivity index (χ2n) is 4.20. The SMILES string of the molecule is CC(C)(O)CNc1nc(N)nc2nc[nH]c12. The van der Waals surface area contributed by atoms with E-state index in [0.29, 0.717) is 23.5 Å². The Morgan fingerprint density at radius 3 is 2.94 bits per heavy atom. The number of nitrogens with two attached hydrogens (primary N) is 1. The fourth-order valence-corrected chi connectivity index (χ4v) is 1.28. The van der Waals surface area contributed by atoms with Crippen LogP contribution in [0.5, 0.6) is 0 Å². The van der Waals surface area contributed by atoms with Gasteiger partial charge in [0.05, 0.1) is 11.9 Å². The molecule has 0 aliphatic heterocycles. The predicted octanol–water partition coefficient (Wildman–Crippen LogP) is 0.118. The highest BCUT2D eigenvalue weighted by atomic mass is 16.3. The lowest BCUT2D eigenvalue weighted by Gasteiger charge is -2.18. The Kier molecular flexibility index (Phi) is 2.39. The number of nitrogen functional groups attached to an aromatic ring is 1. The van der Waals surface area contributed by atoms with Crippen molar-refractivity contribution in [3.05, 3.63) is 6.33 Å². The Hall–Kier alpha value is -1.89. The predicted molar refractivity (Wildman–Crippen MR) is 60.9 cm³/mol. The van der Waals surface area contributed by atoms with Gasteiger partial charge in [-0.05, 0) is 13.8 Å². The van der Waals surface area contributed by atoms with Crippen LogP contribution in [0.4, 0.5) is 11.8 Å². The topological polar surface area (TPSA) is 113 Å². The molecular formula is C9H14N6O. The van der Waals surface area contributed by atoms with Gasteiger partial charge >= 0.3 is 0 Å². The number of nitrogens with zero attached hydrogens (tertiary/aromatic N) is 3. The first-order chi connectivity index (χ1) is 7.46. The third-order valence-corrected chi connectivity index (χ3v) is 1.99. The zero-order valence-electron chi connectivity index (χ0n) is 9.15. The highest BCUT2D eigenvalue weighted by molar-refractivity contribution is 5.83. The van der Waals surface area contributed by atoms with E-state index >= 15 is 0 Å². The summed E-state index contributed by atoms with van der Waals surface area (Å²) in [6.45, 7) is 3.76. The minimum Gasteiger partial charge on any atom is -0.389 e. The number of aromatic amines is 1. The van der Waals surface area contributed by atoms with Crippen LogP contribution in [-0.2, 0) is 0 Å². The molecule has 0 saturated carbocycles. The largest absolute Gasteiger partial charge is 0.389 e. The number of hydrogen-bond donors (Lipinski definition) is 4. The summed E-state index contributed by atoms with van der Waals surface area (Å²) in [4.78, 5) is 14.9. The third-order valence-electron chi connectivity index (χ3n) is 1.99. The van der Waals surface area contributed by atoms with Gasteiger partial charge in [0.1, 0.15) is 5.52 Å². The number of aliphatic hydroxyl groups is 1. The molecule has 0 saturated heterocycles. The van der Waals surface area contributed by atoms with Gasteiger partial charge < -0.3 is 21.1 Å². The highest BCUT2D eigenvalue weighted by Crippen LogP contribution is 2.17. The van der Waals surface area contributed by atoms with E-state index in [2.05, 4.69) is 25.3 Å². The third kappa shape index (κ3) is 2.19. The number of fused-ring (bicyclic) bond motifs is 1. The van der Waals surface area contributed by atoms with Gasteiger partial charge in [0.25, 0.3) is 0 Å². The minimum absolute atomic E-state index is 0.151. The Morgan fingerprint density at radius 1 is 1.50 bits per heavy atom. The molecule has 2 rings (SSSR count). The first-order valence-electron chi connectivity index (χ1n) is 4.88. The molecule has 16 heavy (non-hydrogen) atoms. The molecule has 2 aromatic rings. The van der Waals surface area contributed by atoms with Crippen molar-refractivity contribution in [2.45, 2.75) is 19.4 Å². The Morgan fingerprint density at radius 2 is 2.25 bits per heavy atom. The smallest absolute Gasteiger partial charge is 0.224 e. The highest BCUT2D eigenvalue weighted by Gasteiger charge is 2.14. The van der Waals surface area contributed by atoms with Crippen LogP contribution in [0.15, 0.2) is 6.33 Å². The van der Waals surface area contributed by atoms with E-state index in [1.54, 1.807) is 13.8 Å². The van der Waals surface area contributed by atoms with E-state index in [4.69, 9.17) is 5.73 Å². The molecule has 5 N–H and O–H groups in total. The molecule has 0 fully saturated rings. The molecule has 2 heterocycles. The van der Waals surface area contributed by atoms with Crippen LogP contribution < -0.4 is 11.1 Å². The van der Waals surface area contributed by atoms with Gasteiger partial charge in [-0.15, -0.1) is 0 Å². The van der Waals surface area contributed by atoms with Crippen LogP contribution in [0.3, 0.4) is 0 Å². The van der Waals surface area contributed by atoms with Crippen LogP contribution in [-0.4, -0.2) is 37.2 Å². The summed E-state index contributed by atoms with van der Waals surface area (Å²) in [5.41, 5.74) is 5.90. The van der Waals surface area contributed by atoms with Gasteiger partial charge in [0.2, 0.25) is 5.95 Å². The number of rotatable bonds is 3. The molecule has 0 unspecified atom stereocenters. The Balaban J connectivity index is 2.32. The Bertz CT molecular complexity index is 500. The second-order valence-corrected chi connectivity index (χ2v) is 4.20. The number of aromatic nitrogens is 4. The lowest BCUT2D eigenvalue weighted by atomic mass is 10.1. The van der Waals surface area contributed by atoms with Gasteiger partial charge in [0.15, 0.2) is 11.5 Å². The lowest BCUT2D eigenvalue weighted by molar-refractivity contribution is 0.0944. The molecule has 0 bridgehead atoms. The lowest BCUT2D eigenvalue weighted by Crippen LogP contribution is -2.29. The zero-order chi connectivity index (χ0) is 11.8. The maximum Gasteiger partial charge on any atom is 0.224 e. The van der Waals surface area contributed by atoms with Crippen molar-refractivity contribution in [1.82, 2.24) is 19.9 Å². The van der Waals surface area contributed by atoms with E-state index in [9.17, 15) is 5.11 Å². The van der Waals surface area contributed by atoms with E-state index in [0.717, 1.165) is 0 Å². The van der Waals surface area contributed by atoms with Crippen molar-refractivity contribution < 1.29 is 5.11 Å². The summed E-state index contributed by atoms with van der Waals surface area (Å²) in [5.74, 6) is 0.694. The molecule has 0 aliphatic carbocycles. The normalized spacial score (nSPS) is 11.9. The first kappa shape index (κ1) is 10.6. The number of H-pyrrole nitrogens is 1. The monoisotopic (exact) mass is 222 g/mol. The maximum absolute atomic E-state index is 9.61. The van der Waals surface area contributed by atoms with Crippen molar-refractivity contribution in [2.24, 2.45) is 0 Å². The van der Waals surface area contributed by atoms with E-state index in [1.165, 1.54) is 6.33 Å². The molecular weight excluding hydrogens is 208 g/mol. The van der Waals surface area contributed by atoms with Gasteiger partial charge in [0, 0.05) is 6.54 Å². The number of nitrogens with one attached hydrogen (secondary N) is 2. The average Bonchev–Trinajstić information content (AvgIpc) is 2.60. The summed E-state index contributed by atoms with van der Waals surface area (Å²) in [6, 6.07) is 0. The quantitative estimate of drug-likeness (QED) is 0.586. The van der Waals surface area contributed by atoms with Gasteiger partial charge in [-0.3, -0.25) is 0 Å². The summed E-state index contributed by atoms with van der Waals surface area (Å²) >= 11 is 0. The maximum atomic E-state index is 9.61. The van der Waals surface area contributed by atoms with Crippen LogP contribution in [0.1, 0.15) is 13.8 Å². The van der Waals surface area contributed by atoms with Crippen LogP contribution in [0, 0.1) is 0 Å². The molecule has 0 amide bonds. The number of hydrogen-bond acceptors (Lipinski definition) is 6. The second kappa shape index (κ2) is 3.60. The molecule has 7 heteroatoms. The van der Waals surface area contributed by atoms with Crippen LogP contribution in [0.25, 0.3) is 11.2 Å². The fourth-order valence-electron chi connectivity index (χ4n) is 1.28. The van der Waals surface area contributed by atoms with Crippen molar-refractivity contribution in [1.29, 1.82) is 0 Å². The van der Waals surface area contributed by atoms with Gasteiger partial charge in [-0.1, -0.05) is 0 Å². The van der Waals surface area contributed by atoms with Gasteiger partial charge in [-0.25, -0.2) is 4.98 Å². The van der Waals surface area contributed by atoms with Crippen molar-refractivity contribution >= 4 is 22.9 Å². The molecule has 2 aromatic heterocycles. The van der Waals surface area contributed by atoms with Crippen molar-refractivity contribution in [2.75, 3.05) is 17.6 Å². The van der Waals surface area contributed by atoms with Crippen LogP contribution >= 0.6 is 0 Å². The fraction of sp³-hybridized carbons (Fsp3) is 0.444. The Labute approximate surface area is 92.1 Å². The summed E-state index contributed by atoms with van der Waals surface area (Å²) in [7, 11) is 0. The molecule has 86 valence electrons. The minimum atomic E-state index is -0.827. The standard InChI is InChI=1S/C9H14N6O/c1-9(2,16)3-11-6-5-7(13-4-12-5)15-8(10)14-6/h4,16H,3H2,1-2H3,(H4,10,11,12,13,14,15). The van der Waals surface area contributed by atoms with E-state index < -0.39 is 5.60 Å². The molecule has 0 atom stereocenters. The first-order valence-corrected chi connectivity index (χ1v) is 4.88. The van der Waals surface area contributed by atoms with Crippen LogP contribution in [0.2, 0.25) is 0 Å². The van der Waals surface area contributed by atoms with Crippen molar-refractivity contribution in [3.63, 3.8) is 0 Å². The number of imidazole rings is 1. The van der Waals surface area contributed by atoms with E-state index in [-0.39, 0.29) is 5.95 Å². The average molecular weight is 222 g/mol. The van der Waals surface area contributed by atoms with E-state index in [1.807, 2.05) is 0 Å². The molecule has 0 aromatic carbocycles. The molecule has 0 aliphatic rings. The summed E-state index contributed by atoms with van der Waals surface area (Å²) < 4.78 is 0.